The summed E-state index contributed by atoms with van der Waals surface area (Å²) in [6, 6.07) is 3.24. The van der Waals surface area contributed by atoms with Gasteiger partial charge in [0.15, 0.2) is 17.1 Å². The third-order valence-corrected chi connectivity index (χ3v) is 2.56. The van der Waals surface area contributed by atoms with Gasteiger partial charge in [-0.25, -0.2) is 4.79 Å². The molecule has 96 valence electrons. The number of aromatic amines is 1. The largest absolute Gasteiger partial charge is 0.476 e. The van der Waals surface area contributed by atoms with Crippen molar-refractivity contribution in [3.8, 4) is 0 Å². The molecule has 0 unspecified atom stereocenters. The van der Waals surface area contributed by atoms with Gasteiger partial charge >= 0.3 is 5.97 Å². The van der Waals surface area contributed by atoms with Gasteiger partial charge in [-0.05, 0) is 12.1 Å². The predicted molar refractivity (Wildman–Crippen MR) is 64.7 cm³/mol. The van der Waals surface area contributed by atoms with Crippen LogP contribution in [0.2, 0.25) is 0 Å². The first-order valence-corrected chi connectivity index (χ1v) is 5.44. The second-order valence-corrected chi connectivity index (χ2v) is 3.84. The molecule has 0 bridgehead atoms. The molecule has 0 saturated heterocycles. The fraction of sp³-hybridized carbons (Fsp3) is 0.0909. The van der Waals surface area contributed by atoms with Crippen LogP contribution in [0.3, 0.4) is 0 Å². The van der Waals surface area contributed by atoms with Crippen molar-refractivity contribution >= 4 is 22.8 Å². The van der Waals surface area contributed by atoms with E-state index >= 15 is 0 Å². The van der Waals surface area contributed by atoms with Gasteiger partial charge in [0, 0.05) is 5.39 Å². The Morgan fingerprint density at radius 1 is 1.53 bits per heavy atom. The van der Waals surface area contributed by atoms with E-state index in [1.165, 1.54) is 6.07 Å². The summed E-state index contributed by atoms with van der Waals surface area (Å²) in [4.78, 5) is 10.7. The van der Waals surface area contributed by atoms with Crippen LogP contribution in [0.5, 0.6) is 0 Å². The van der Waals surface area contributed by atoms with Crippen LogP contribution in [0.1, 0.15) is 16.2 Å². The van der Waals surface area contributed by atoms with Crippen molar-refractivity contribution in [2.24, 2.45) is 0 Å². The van der Waals surface area contributed by atoms with Crippen molar-refractivity contribution in [3.05, 3.63) is 36.0 Å². The van der Waals surface area contributed by atoms with Crippen LogP contribution < -0.4 is 5.32 Å². The molecule has 3 aromatic heterocycles. The number of furan rings is 1. The predicted octanol–water partition coefficient (Wildman–Crippen LogP) is 1.26. The number of hydrogen-bond acceptors (Lipinski definition) is 6. The molecule has 3 N–H and O–H groups in total. The van der Waals surface area contributed by atoms with Crippen LogP contribution >= 0.6 is 0 Å². The number of anilines is 1. The highest BCUT2D eigenvalue weighted by Gasteiger charge is 2.10. The van der Waals surface area contributed by atoms with E-state index in [1.54, 1.807) is 18.5 Å². The Morgan fingerprint density at radius 3 is 3.21 bits per heavy atom. The van der Waals surface area contributed by atoms with Crippen molar-refractivity contribution < 1.29 is 14.3 Å². The molecule has 0 aliphatic carbocycles. The van der Waals surface area contributed by atoms with Gasteiger partial charge in [-0.15, -0.1) is 5.10 Å². The molecule has 0 aliphatic rings. The van der Waals surface area contributed by atoms with Gasteiger partial charge in [-0.1, -0.05) is 0 Å². The Bertz CT molecular complexity index is 733. The molecule has 0 spiro atoms. The van der Waals surface area contributed by atoms with E-state index in [9.17, 15) is 4.79 Å². The highest BCUT2D eigenvalue weighted by atomic mass is 16.4. The zero-order valence-corrected chi connectivity index (χ0v) is 9.62. The zero-order valence-electron chi connectivity index (χ0n) is 9.62. The van der Waals surface area contributed by atoms with Gasteiger partial charge < -0.3 is 14.8 Å². The highest BCUT2D eigenvalue weighted by Crippen LogP contribution is 2.20. The van der Waals surface area contributed by atoms with E-state index in [0.29, 0.717) is 23.6 Å². The maximum absolute atomic E-state index is 10.7. The summed E-state index contributed by atoms with van der Waals surface area (Å²) >= 11 is 0. The van der Waals surface area contributed by atoms with Gasteiger partial charge in [0.25, 0.3) is 0 Å². The van der Waals surface area contributed by atoms with Crippen LogP contribution in [0.25, 0.3) is 11.0 Å². The monoisotopic (exact) mass is 259 g/mol. The average molecular weight is 259 g/mol. The molecule has 0 fully saturated rings. The molecule has 0 aromatic carbocycles. The number of aromatic nitrogens is 4. The van der Waals surface area contributed by atoms with Gasteiger partial charge in [-0.2, -0.15) is 10.2 Å². The number of nitrogens with one attached hydrogen (secondary N) is 2. The third kappa shape index (κ3) is 2.10. The Morgan fingerprint density at radius 2 is 2.42 bits per heavy atom. The summed E-state index contributed by atoms with van der Waals surface area (Å²) in [5, 5.41) is 26.7. The normalized spacial score (nSPS) is 10.7. The first-order valence-electron chi connectivity index (χ1n) is 5.44. The third-order valence-electron chi connectivity index (χ3n) is 2.56. The Kier molecular flexibility index (Phi) is 2.60. The summed E-state index contributed by atoms with van der Waals surface area (Å²) in [5.41, 5.74) is 1.20. The smallest absolute Gasteiger partial charge is 0.356 e. The molecular formula is C11H9N5O3. The number of carboxylic acids is 1. The number of rotatable bonds is 4. The quantitative estimate of drug-likeness (QED) is 0.645. The lowest BCUT2D eigenvalue weighted by Gasteiger charge is -2.02. The highest BCUT2D eigenvalue weighted by molar-refractivity contribution is 5.86. The average Bonchev–Trinajstić information content (AvgIpc) is 3.05. The van der Waals surface area contributed by atoms with Gasteiger partial charge in [-0.3, -0.25) is 5.10 Å². The molecule has 0 saturated carbocycles. The molecule has 19 heavy (non-hydrogen) atoms. The summed E-state index contributed by atoms with van der Waals surface area (Å²) < 4.78 is 5.30. The lowest BCUT2D eigenvalue weighted by atomic mass is 10.3. The molecule has 8 nitrogen and oxygen atoms in total. The molecule has 0 atom stereocenters. The van der Waals surface area contributed by atoms with Crippen LogP contribution in [0, 0.1) is 0 Å². The maximum atomic E-state index is 10.7. The fourth-order valence-corrected chi connectivity index (χ4v) is 1.66. The number of carbonyl (C=O) groups is 1. The van der Waals surface area contributed by atoms with Crippen LogP contribution in [0.4, 0.5) is 5.82 Å². The second kappa shape index (κ2) is 4.41. The summed E-state index contributed by atoms with van der Waals surface area (Å²) in [5.74, 6) is -0.579. The Labute approximate surface area is 106 Å². The van der Waals surface area contributed by atoms with E-state index in [2.05, 4.69) is 25.7 Å². The minimum atomic E-state index is -1.07. The molecule has 0 amide bonds. The molecule has 3 rings (SSSR count). The lowest BCUT2D eigenvalue weighted by Crippen LogP contribution is -2.02. The molecule has 0 radical (unpaired) electrons. The van der Waals surface area contributed by atoms with Crippen LogP contribution in [-0.4, -0.2) is 31.5 Å². The minimum absolute atomic E-state index is 0.0286. The molecule has 3 aromatic rings. The standard InChI is InChI=1S/C11H9N5O3/c17-11(18)8-3-7(14-15-8)5-12-10-9-6(1-2-19-9)4-13-16-10/h1-4H,5H2,(H,12,16)(H,14,15)(H,17,18). The first kappa shape index (κ1) is 11.2. The van der Waals surface area contributed by atoms with Crippen LogP contribution in [0.15, 0.2) is 29.0 Å². The molecule has 0 aliphatic heterocycles. The van der Waals surface area contributed by atoms with Crippen molar-refractivity contribution in [1.29, 1.82) is 0 Å². The maximum Gasteiger partial charge on any atom is 0.356 e. The number of hydrogen-bond donors (Lipinski definition) is 3. The van der Waals surface area contributed by atoms with E-state index in [1.807, 2.05) is 0 Å². The van der Waals surface area contributed by atoms with Gasteiger partial charge in [0.2, 0.25) is 0 Å². The van der Waals surface area contributed by atoms with E-state index in [0.717, 1.165) is 5.39 Å². The van der Waals surface area contributed by atoms with Crippen LogP contribution in [-0.2, 0) is 6.54 Å². The minimum Gasteiger partial charge on any atom is -0.476 e. The van der Waals surface area contributed by atoms with Crippen molar-refractivity contribution in [2.75, 3.05) is 5.32 Å². The molecule has 8 heteroatoms. The molecular weight excluding hydrogens is 250 g/mol. The van der Waals surface area contributed by atoms with Crippen molar-refractivity contribution in [2.45, 2.75) is 6.54 Å². The lowest BCUT2D eigenvalue weighted by molar-refractivity contribution is 0.0690. The number of carboxylic acid groups (broad SMARTS) is 1. The fourth-order valence-electron chi connectivity index (χ4n) is 1.66. The summed E-state index contributed by atoms with van der Waals surface area (Å²) in [6.07, 6.45) is 3.15. The zero-order chi connectivity index (χ0) is 13.2. The number of fused-ring (bicyclic) bond motifs is 1. The van der Waals surface area contributed by atoms with Gasteiger partial charge in [0.05, 0.1) is 24.7 Å². The second-order valence-electron chi connectivity index (χ2n) is 3.84. The Balaban J connectivity index is 1.78. The van der Waals surface area contributed by atoms with E-state index in [4.69, 9.17) is 9.52 Å². The summed E-state index contributed by atoms with van der Waals surface area (Å²) in [6.45, 7) is 0.342. The topological polar surface area (TPSA) is 117 Å². The first-order chi connectivity index (χ1) is 9.24. The van der Waals surface area contributed by atoms with Crippen molar-refractivity contribution in [1.82, 2.24) is 20.4 Å². The molecule has 3 heterocycles. The number of H-pyrrole nitrogens is 1. The number of nitrogens with zero attached hydrogens (tertiary/aromatic N) is 3. The van der Waals surface area contributed by atoms with Gasteiger partial charge in [0.1, 0.15) is 0 Å². The van der Waals surface area contributed by atoms with Crippen molar-refractivity contribution in [3.63, 3.8) is 0 Å². The summed E-state index contributed by atoms with van der Waals surface area (Å²) in [7, 11) is 0. The van der Waals surface area contributed by atoms with E-state index in [-0.39, 0.29) is 5.69 Å². The van der Waals surface area contributed by atoms with E-state index < -0.39 is 5.97 Å². The SMILES string of the molecule is O=C(O)c1cc(CNc2nncc3ccoc23)[nH]n1. The number of aromatic carboxylic acids is 1. The Hall–Kier alpha value is -2.90.